The molecule has 1 aromatic rings. The van der Waals surface area contributed by atoms with Crippen molar-refractivity contribution in [2.45, 2.75) is 18.7 Å². The third kappa shape index (κ3) is 2.27. The highest BCUT2D eigenvalue weighted by atomic mass is 32.2. The summed E-state index contributed by atoms with van der Waals surface area (Å²) in [5, 5.41) is 0. The van der Waals surface area contributed by atoms with E-state index in [0.29, 0.717) is 0 Å². The molecule has 0 spiro atoms. The van der Waals surface area contributed by atoms with Gasteiger partial charge in [0.25, 0.3) is 0 Å². The maximum atomic E-state index is 11.3. The van der Waals surface area contributed by atoms with Crippen molar-refractivity contribution in [3.8, 4) is 0 Å². The van der Waals surface area contributed by atoms with Crippen LogP contribution in [0.25, 0.3) is 0 Å². The summed E-state index contributed by atoms with van der Waals surface area (Å²) in [6.07, 6.45) is 1.55. The molecule has 3 heteroatoms. The van der Waals surface area contributed by atoms with Crippen molar-refractivity contribution < 1.29 is 4.21 Å². The topological polar surface area (TPSA) is 29.4 Å². The molecule has 0 amide bonds. The van der Waals surface area contributed by atoms with Crippen molar-refractivity contribution in [2.75, 3.05) is 0 Å². The van der Waals surface area contributed by atoms with Crippen LogP contribution in [-0.4, -0.2) is 10.4 Å². The second kappa shape index (κ2) is 4.16. The van der Waals surface area contributed by atoms with Gasteiger partial charge < -0.3 is 0 Å². The van der Waals surface area contributed by atoms with Gasteiger partial charge in [0.15, 0.2) is 11.0 Å². The highest BCUT2D eigenvalue weighted by Gasteiger charge is 1.98. The molecule has 0 saturated carbocycles. The highest BCUT2D eigenvalue weighted by Crippen LogP contribution is 2.08. The molecular weight excluding hydrogens is 170 g/mol. The first kappa shape index (κ1) is 9.13. The first-order valence-corrected chi connectivity index (χ1v) is 4.82. The molecule has 0 fully saturated rings. The Hall–Kier alpha value is -0.960. The molecular formula is C9H11NOS. The van der Waals surface area contributed by atoms with Gasteiger partial charge >= 0.3 is 0 Å². The zero-order valence-corrected chi connectivity index (χ0v) is 7.97. The van der Waals surface area contributed by atoms with E-state index >= 15 is 0 Å². The van der Waals surface area contributed by atoms with Gasteiger partial charge in [0.2, 0.25) is 0 Å². The summed E-state index contributed by atoms with van der Waals surface area (Å²) in [7, 11) is -1.22. The number of hydrogen-bond donors (Lipinski definition) is 0. The van der Waals surface area contributed by atoms with Gasteiger partial charge in [-0.2, -0.15) is 4.40 Å². The van der Waals surface area contributed by atoms with Gasteiger partial charge in [0.1, 0.15) is 0 Å². The van der Waals surface area contributed by atoms with E-state index in [9.17, 15) is 4.21 Å². The van der Waals surface area contributed by atoms with Crippen LogP contribution in [0, 0.1) is 6.92 Å². The van der Waals surface area contributed by atoms with Crippen molar-refractivity contribution in [1.29, 1.82) is 0 Å². The number of aryl methyl sites for hydroxylation is 1. The zero-order chi connectivity index (χ0) is 8.97. The van der Waals surface area contributed by atoms with Crippen molar-refractivity contribution in [1.82, 2.24) is 0 Å². The van der Waals surface area contributed by atoms with Crippen LogP contribution in [0.15, 0.2) is 33.6 Å². The lowest BCUT2D eigenvalue weighted by Gasteiger charge is -1.95. The SMILES string of the molecule is C/C=N/[S@](=O)c1ccc(C)cc1. The summed E-state index contributed by atoms with van der Waals surface area (Å²) >= 11 is 0. The van der Waals surface area contributed by atoms with E-state index in [-0.39, 0.29) is 0 Å². The van der Waals surface area contributed by atoms with Crippen LogP contribution in [-0.2, 0) is 11.0 Å². The number of benzene rings is 1. The third-order valence-corrected chi connectivity index (χ3v) is 2.50. The lowest BCUT2D eigenvalue weighted by molar-refractivity contribution is 0.684. The molecule has 2 nitrogen and oxygen atoms in total. The Morgan fingerprint density at radius 3 is 2.42 bits per heavy atom. The largest absolute Gasteiger partial charge is 0.230 e. The molecule has 0 heterocycles. The van der Waals surface area contributed by atoms with E-state index in [1.807, 2.05) is 31.2 Å². The average molecular weight is 181 g/mol. The van der Waals surface area contributed by atoms with E-state index in [1.54, 1.807) is 13.1 Å². The quantitative estimate of drug-likeness (QED) is 0.642. The fraction of sp³-hybridized carbons (Fsp3) is 0.222. The van der Waals surface area contributed by atoms with E-state index in [2.05, 4.69) is 4.40 Å². The Balaban J connectivity index is 2.90. The smallest absolute Gasteiger partial charge is 0.172 e. The minimum Gasteiger partial charge on any atom is -0.230 e. The Kier molecular flexibility index (Phi) is 3.17. The minimum atomic E-state index is -1.22. The molecule has 0 aliphatic heterocycles. The summed E-state index contributed by atoms with van der Waals surface area (Å²) in [6, 6.07) is 7.52. The maximum Gasteiger partial charge on any atom is 0.172 e. The van der Waals surface area contributed by atoms with Crippen molar-refractivity contribution in [2.24, 2.45) is 4.40 Å². The Bertz CT molecular complexity index is 303. The van der Waals surface area contributed by atoms with Crippen LogP contribution in [0.2, 0.25) is 0 Å². The molecule has 0 aliphatic carbocycles. The molecule has 0 radical (unpaired) electrons. The number of nitrogens with zero attached hydrogens (tertiary/aromatic N) is 1. The Labute approximate surface area is 74.9 Å². The normalized spacial score (nSPS) is 13.5. The van der Waals surface area contributed by atoms with Gasteiger partial charge in [0, 0.05) is 6.21 Å². The van der Waals surface area contributed by atoms with Gasteiger partial charge in [-0.25, -0.2) is 4.21 Å². The summed E-state index contributed by atoms with van der Waals surface area (Å²) in [4.78, 5) is 0.749. The van der Waals surface area contributed by atoms with Crippen LogP contribution < -0.4 is 0 Å². The van der Waals surface area contributed by atoms with E-state index in [4.69, 9.17) is 0 Å². The van der Waals surface area contributed by atoms with Crippen molar-refractivity contribution in [3.05, 3.63) is 29.8 Å². The Morgan fingerprint density at radius 1 is 1.33 bits per heavy atom. The fourth-order valence-electron chi connectivity index (χ4n) is 0.811. The monoisotopic (exact) mass is 181 g/mol. The van der Waals surface area contributed by atoms with Crippen LogP contribution in [0.1, 0.15) is 12.5 Å². The predicted octanol–water partition coefficient (Wildman–Crippen LogP) is 2.11. The third-order valence-electron chi connectivity index (χ3n) is 1.42. The van der Waals surface area contributed by atoms with Crippen molar-refractivity contribution >= 4 is 17.2 Å². The van der Waals surface area contributed by atoms with Gasteiger partial charge in [-0.1, -0.05) is 17.7 Å². The number of hydrogen-bond acceptors (Lipinski definition) is 1. The summed E-state index contributed by atoms with van der Waals surface area (Å²) in [5.41, 5.74) is 1.16. The van der Waals surface area contributed by atoms with Gasteiger partial charge in [-0.05, 0) is 26.0 Å². The second-order valence-electron chi connectivity index (χ2n) is 2.43. The lowest BCUT2D eigenvalue weighted by atomic mass is 10.2. The van der Waals surface area contributed by atoms with E-state index < -0.39 is 11.0 Å². The first-order chi connectivity index (χ1) is 5.74. The summed E-state index contributed by atoms with van der Waals surface area (Å²) in [6.45, 7) is 3.75. The van der Waals surface area contributed by atoms with Gasteiger partial charge in [-0.3, -0.25) is 0 Å². The number of rotatable bonds is 2. The maximum absolute atomic E-state index is 11.3. The molecule has 64 valence electrons. The molecule has 0 aliphatic rings. The van der Waals surface area contributed by atoms with Gasteiger partial charge in [-0.15, -0.1) is 0 Å². The van der Waals surface area contributed by atoms with E-state index in [0.717, 1.165) is 10.5 Å². The molecule has 0 N–H and O–H groups in total. The second-order valence-corrected chi connectivity index (χ2v) is 3.61. The van der Waals surface area contributed by atoms with Crippen LogP contribution >= 0.6 is 0 Å². The minimum absolute atomic E-state index is 0.749. The lowest BCUT2D eigenvalue weighted by Crippen LogP contribution is -1.86. The first-order valence-electron chi connectivity index (χ1n) is 3.71. The van der Waals surface area contributed by atoms with E-state index in [1.165, 1.54) is 0 Å². The summed E-state index contributed by atoms with van der Waals surface area (Å²) < 4.78 is 15.0. The Morgan fingerprint density at radius 2 is 1.92 bits per heavy atom. The predicted molar refractivity (Wildman–Crippen MR) is 51.8 cm³/mol. The summed E-state index contributed by atoms with van der Waals surface area (Å²) in [5.74, 6) is 0. The molecule has 0 bridgehead atoms. The van der Waals surface area contributed by atoms with Crippen LogP contribution in [0.5, 0.6) is 0 Å². The highest BCUT2D eigenvalue weighted by molar-refractivity contribution is 7.83. The van der Waals surface area contributed by atoms with Crippen LogP contribution in [0.4, 0.5) is 0 Å². The molecule has 1 aromatic carbocycles. The van der Waals surface area contributed by atoms with Gasteiger partial charge in [0.05, 0.1) is 4.90 Å². The molecule has 1 atom stereocenters. The average Bonchev–Trinajstić information content (AvgIpc) is 2.06. The molecule has 0 unspecified atom stereocenters. The van der Waals surface area contributed by atoms with Crippen LogP contribution in [0.3, 0.4) is 0 Å². The fourth-order valence-corrected chi connectivity index (χ4v) is 1.49. The zero-order valence-electron chi connectivity index (χ0n) is 7.15. The molecule has 0 saturated heterocycles. The molecule has 0 aromatic heterocycles. The molecule has 1 rings (SSSR count). The standard InChI is InChI=1S/C9H11NOS/c1-3-10-12(11)9-6-4-8(2)5-7-9/h3-7H,1-2H3/b10-3+/t12-/m1/s1. The molecule has 12 heavy (non-hydrogen) atoms. The van der Waals surface area contributed by atoms with Crippen molar-refractivity contribution in [3.63, 3.8) is 0 Å².